The number of alkyl halides is 3. The summed E-state index contributed by atoms with van der Waals surface area (Å²) in [5.41, 5.74) is 6.85. The summed E-state index contributed by atoms with van der Waals surface area (Å²) in [7, 11) is 0. The van der Waals surface area contributed by atoms with Gasteiger partial charge in [-0.15, -0.1) is 0 Å². The Morgan fingerprint density at radius 1 is 1.06 bits per heavy atom. The number of carbonyl (C=O) groups excluding carboxylic acids is 1. The van der Waals surface area contributed by atoms with Gasteiger partial charge < -0.3 is 27.1 Å². The molecule has 34 heavy (non-hydrogen) atoms. The maximum absolute atomic E-state index is 12.9. The third-order valence-electron chi connectivity index (χ3n) is 4.62. The molecule has 178 valence electrons. The topological polar surface area (TPSA) is 129 Å². The Hall–Kier alpha value is -4.15. The fourth-order valence-corrected chi connectivity index (χ4v) is 3.20. The van der Waals surface area contributed by atoms with Crippen LogP contribution in [-0.2, 0) is 12.6 Å². The third-order valence-corrected chi connectivity index (χ3v) is 4.62. The summed E-state index contributed by atoms with van der Waals surface area (Å²) in [4.78, 5) is 20.5. The SMILES string of the molecule is CC(C)Nc1ncnc(N)c1C(=N)Cc1cccc(NC(=O)Nc2cccc(C(F)(F)F)c2)c1. The van der Waals surface area contributed by atoms with Gasteiger partial charge in [-0.1, -0.05) is 18.2 Å². The number of halogens is 3. The van der Waals surface area contributed by atoms with Crippen LogP contribution in [0.5, 0.6) is 0 Å². The molecular weight excluding hydrogens is 447 g/mol. The van der Waals surface area contributed by atoms with E-state index in [0.29, 0.717) is 22.6 Å². The number of urea groups is 1. The molecule has 11 heteroatoms. The van der Waals surface area contributed by atoms with Crippen molar-refractivity contribution in [1.82, 2.24) is 9.97 Å². The molecule has 1 aromatic heterocycles. The summed E-state index contributed by atoms with van der Waals surface area (Å²) >= 11 is 0. The normalized spacial score (nSPS) is 11.2. The molecule has 6 N–H and O–H groups in total. The van der Waals surface area contributed by atoms with Crippen molar-refractivity contribution in [2.45, 2.75) is 32.5 Å². The number of nitrogens with one attached hydrogen (secondary N) is 4. The minimum absolute atomic E-state index is 0.00925. The van der Waals surface area contributed by atoms with Crippen molar-refractivity contribution in [2.75, 3.05) is 21.7 Å². The van der Waals surface area contributed by atoms with Crippen LogP contribution in [0, 0.1) is 5.41 Å². The highest BCUT2D eigenvalue weighted by atomic mass is 19.4. The Balaban J connectivity index is 1.70. The van der Waals surface area contributed by atoms with Crippen LogP contribution < -0.4 is 21.7 Å². The molecule has 8 nitrogen and oxygen atoms in total. The van der Waals surface area contributed by atoms with Gasteiger partial charge in [-0.25, -0.2) is 14.8 Å². The highest BCUT2D eigenvalue weighted by Gasteiger charge is 2.30. The van der Waals surface area contributed by atoms with E-state index in [1.807, 2.05) is 13.8 Å². The van der Waals surface area contributed by atoms with Crippen LogP contribution in [0.1, 0.15) is 30.5 Å². The smallest absolute Gasteiger partial charge is 0.383 e. The number of nitrogens with two attached hydrogens (primary N) is 1. The van der Waals surface area contributed by atoms with Gasteiger partial charge in [0.25, 0.3) is 0 Å². The fraction of sp³-hybridized carbons (Fsp3) is 0.217. The summed E-state index contributed by atoms with van der Waals surface area (Å²) in [5, 5.41) is 16.7. The maximum Gasteiger partial charge on any atom is 0.416 e. The molecule has 2 aromatic carbocycles. The number of carbonyl (C=O) groups is 1. The number of hydrogen-bond donors (Lipinski definition) is 5. The van der Waals surface area contributed by atoms with Crippen molar-refractivity contribution in [3.8, 4) is 0 Å². The molecular formula is C23H24F3N7O. The molecule has 0 fully saturated rings. The van der Waals surface area contributed by atoms with E-state index in [1.165, 1.54) is 18.5 Å². The maximum atomic E-state index is 12.9. The molecule has 0 atom stereocenters. The molecule has 2 amide bonds. The van der Waals surface area contributed by atoms with Gasteiger partial charge >= 0.3 is 12.2 Å². The quantitative estimate of drug-likeness (QED) is 0.304. The summed E-state index contributed by atoms with van der Waals surface area (Å²) in [6.07, 6.45) is -3.00. The Bertz CT molecular complexity index is 1200. The first kappa shape index (κ1) is 24.5. The van der Waals surface area contributed by atoms with Gasteiger partial charge in [0.2, 0.25) is 0 Å². The molecule has 3 rings (SSSR count). The van der Waals surface area contributed by atoms with Crippen LogP contribution in [0.2, 0.25) is 0 Å². The van der Waals surface area contributed by atoms with Gasteiger partial charge in [-0.2, -0.15) is 13.2 Å². The Kier molecular flexibility index (Phi) is 7.34. The molecule has 0 radical (unpaired) electrons. The number of hydrogen-bond acceptors (Lipinski definition) is 6. The second-order valence-corrected chi connectivity index (χ2v) is 7.79. The lowest BCUT2D eigenvalue weighted by Gasteiger charge is -2.16. The number of benzene rings is 2. The Morgan fingerprint density at radius 3 is 2.35 bits per heavy atom. The molecule has 3 aromatic rings. The van der Waals surface area contributed by atoms with Gasteiger partial charge in [0.15, 0.2) is 0 Å². The third kappa shape index (κ3) is 6.44. The number of nitrogens with zero attached hydrogens (tertiary/aromatic N) is 2. The Morgan fingerprint density at radius 2 is 1.71 bits per heavy atom. The molecule has 0 saturated heterocycles. The van der Waals surface area contributed by atoms with Gasteiger partial charge in [0, 0.05) is 23.8 Å². The van der Waals surface area contributed by atoms with Crippen LogP contribution in [-0.4, -0.2) is 27.8 Å². The van der Waals surface area contributed by atoms with E-state index in [-0.39, 0.29) is 29.7 Å². The monoisotopic (exact) mass is 471 g/mol. The van der Waals surface area contributed by atoms with Crippen molar-refractivity contribution >= 4 is 34.8 Å². The van der Waals surface area contributed by atoms with Gasteiger partial charge in [0.1, 0.15) is 18.0 Å². The molecule has 0 bridgehead atoms. The fourth-order valence-electron chi connectivity index (χ4n) is 3.20. The van der Waals surface area contributed by atoms with Crippen LogP contribution in [0.4, 0.5) is 41.0 Å². The minimum atomic E-state index is -4.51. The van der Waals surface area contributed by atoms with Crippen molar-refractivity contribution in [3.05, 3.63) is 71.5 Å². The lowest BCUT2D eigenvalue weighted by atomic mass is 10.0. The number of nitrogen functional groups attached to an aromatic ring is 1. The number of aromatic nitrogens is 2. The van der Waals surface area contributed by atoms with Gasteiger partial charge in [-0.3, -0.25) is 0 Å². The van der Waals surface area contributed by atoms with Crippen LogP contribution in [0.15, 0.2) is 54.9 Å². The average Bonchev–Trinajstić information content (AvgIpc) is 2.73. The van der Waals surface area contributed by atoms with Crippen molar-refractivity contribution in [1.29, 1.82) is 5.41 Å². The van der Waals surface area contributed by atoms with Crippen LogP contribution >= 0.6 is 0 Å². The molecule has 0 aliphatic heterocycles. The predicted molar refractivity (Wildman–Crippen MR) is 126 cm³/mol. The van der Waals surface area contributed by atoms with E-state index in [1.54, 1.807) is 24.3 Å². The summed E-state index contributed by atoms with van der Waals surface area (Å²) in [6.45, 7) is 3.87. The zero-order valence-electron chi connectivity index (χ0n) is 18.5. The van der Waals surface area contributed by atoms with Gasteiger partial charge in [-0.05, 0) is 49.7 Å². The lowest BCUT2D eigenvalue weighted by Crippen LogP contribution is -2.20. The zero-order valence-corrected chi connectivity index (χ0v) is 18.5. The van der Waals surface area contributed by atoms with Gasteiger partial charge in [0.05, 0.1) is 16.8 Å². The number of anilines is 4. The molecule has 1 heterocycles. The van der Waals surface area contributed by atoms with Crippen LogP contribution in [0.25, 0.3) is 0 Å². The summed E-state index contributed by atoms with van der Waals surface area (Å²) < 4.78 is 38.6. The van der Waals surface area contributed by atoms with Crippen molar-refractivity contribution in [3.63, 3.8) is 0 Å². The minimum Gasteiger partial charge on any atom is -0.383 e. The molecule has 0 unspecified atom stereocenters. The second-order valence-electron chi connectivity index (χ2n) is 7.79. The van der Waals surface area contributed by atoms with Crippen molar-refractivity contribution in [2.24, 2.45) is 0 Å². The second kappa shape index (κ2) is 10.2. The first-order valence-corrected chi connectivity index (χ1v) is 10.3. The highest BCUT2D eigenvalue weighted by Crippen LogP contribution is 2.30. The zero-order chi connectivity index (χ0) is 24.9. The van der Waals surface area contributed by atoms with E-state index < -0.39 is 17.8 Å². The van der Waals surface area contributed by atoms with Crippen LogP contribution in [0.3, 0.4) is 0 Å². The summed E-state index contributed by atoms with van der Waals surface area (Å²) in [6, 6.07) is 10.5. The molecule has 0 aliphatic rings. The first-order chi connectivity index (χ1) is 16.0. The predicted octanol–water partition coefficient (Wildman–Crippen LogP) is 5.15. The van der Waals surface area contributed by atoms with E-state index in [0.717, 1.165) is 12.1 Å². The lowest BCUT2D eigenvalue weighted by molar-refractivity contribution is -0.137. The van der Waals surface area contributed by atoms with E-state index in [9.17, 15) is 18.0 Å². The molecule has 0 aliphatic carbocycles. The van der Waals surface area contributed by atoms with E-state index >= 15 is 0 Å². The summed E-state index contributed by atoms with van der Waals surface area (Å²) in [5.74, 6) is 0.639. The first-order valence-electron chi connectivity index (χ1n) is 10.3. The van der Waals surface area contributed by atoms with E-state index in [2.05, 4.69) is 25.9 Å². The van der Waals surface area contributed by atoms with E-state index in [4.69, 9.17) is 11.1 Å². The molecule has 0 spiro atoms. The number of rotatable bonds is 7. The average molecular weight is 471 g/mol. The Labute approximate surface area is 194 Å². The highest BCUT2D eigenvalue weighted by molar-refractivity contribution is 6.07. The molecule has 0 saturated carbocycles. The standard InChI is InChI=1S/C23H24F3N7O/c1-13(2)31-21-19(20(28)29-12-30-21)18(27)10-14-5-3-7-16(9-14)32-22(34)33-17-8-4-6-15(11-17)23(24,25)26/h3-9,11-13,27H,10H2,1-2H3,(H2,32,33,34)(H3,28,29,30,31). The number of amides is 2. The largest absolute Gasteiger partial charge is 0.416 e. The van der Waals surface area contributed by atoms with Crippen molar-refractivity contribution < 1.29 is 18.0 Å².